The molecular weight excluding hydrogens is 580 g/mol. The summed E-state index contributed by atoms with van der Waals surface area (Å²) in [6.07, 6.45) is 0.883. The summed E-state index contributed by atoms with van der Waals surface area (Å²) in [5.41, 5.74) is 3.85. The summed E-state index contributed by atoms with van der Waals surface area (Å²) in [6, 6.07) is 19.2. The first-order valence-electron chi connectivity index (χ1n) is 13.1. The first kappa shape index (κ1) is 27.5. The number of para-hydroxylation sites is 1. The maximum atomic E-state index is 13.4. The fraction of sp³-hybridized carbons (Fsp3) is 0.200. The number of thiophene rings is 1. The number of benzene rings is 3. The molecule has 0 aliphatic carbocycles. The SMILES string of the molecule is CC(C)N1CCc2c(sc(NC(=O)c3ccc(NS(=O)(=O)c4ccc(F)cc4)cc3)c2-c2nc3ccccc3s2)C1. The van der Waals surface area contributed by atoms with Gasteiger partial charge in [0.15, 0.2) is 0 Å². The molecule has 3 heterocycles. The maximum Gasteiger partial charge on any atom is 0.261 e. The molecule has 0 radical (unpaired) electrons. The van der Waals surface area contributed by atoms with Crippen molar-refractivity contribution in [2.75, 3.05) is 16.6 Å². The van der Waals surface area contributed by atoms with Crippen molar-refractivity contribution in [2.24, 2.45) is 0 Å². The Morgan fingerprint density at radius 1 is 1.00 bits per heavy atom. The van der Waals surface area contributed by atoms with E-state index >= 15 is 0 Å². The van der Waals surface area contributed by atoms with E-state index in [2.05, 4.69) is 34.9 Å². The average Bonchev–Trinajstić information content (AvgIpc) is 3.53. The third kappa shape index (κ3) is 5.62. The van der Waals surface area contributed by atoms with Gasteiger partial charge in [-0.05, 0) is 86.5 Å². The van der Waals surface area contributed by atoms with Crippen molar-refractivity contribution < 1.29 is 17.6 Å². The summed E-state index contributed by atoms with van der Waals surface area (Å²) in [5, 5.41) is 4.78. The normalized spacial score (nSPS) is 13.9. The van der Waals surface area contributed by atoms with Crippen LogP contribution in [-0.2, 0) is 23.0 Å². The summed E-state index contributed by atoms with van der Waals surface area (Å²) in [6.45, 7) is 6.16. The van der Waals surface area contributed by atoms with Crippen LogP contribution in [0.2, 0.25) is 0 Å². The summed E-state index contributed by atoms with van der Waals surface area (Å²) < 4.78 is 42.1. The number of fused-ring (bicyclic) bond motifs is 2. The molecule has 2 aromatic heterocycles. The van der Waals surface area contributed by atoms with Gasteiger partial charge < -0.3 is 5.32 Å². The molecule has 2 N–H and O–H groups in total. The lowest BCUT2D eigenvalue weighted by atomic mass is 10.0. The molecule has 5 aromatic rings. The molecule has 0 saturated heterocycles. The van der Waals surface area contributed by atoms with Gasteiger partial charge in [0.25, 0.3) is 15.9 Å². The highest BCUT2D eigenvalue weighted by atomic mass is 32.2. The molecule has 0 bridgehead atoms. The van der Waals surface area contributed by atoms with E-state index in [1.165, 1.54) is 34.7 Å². The number of carbonyl (C=O) groups is 1. The molecule has 0 saturated carbocycles. The molecule has 11 heteroatoms. The zero-order valence-corrected chi connectivity index (χ0v) is 24.8. The Labute approximate surface area is 245 Å². The number of rotatable bonds is 7. The molecule has 3 aromatic carbocycles. The minimum Gasteiger partial charge on any atom is -0.313 e. The third-order valence-electron chi connectivity index (χ3n) is 7.07. The Morgan fingerprint density at radius 2 is 1.73 bits per heavy atom. The van der Waals surface area contributed by atoms with Crippen LogP contribution in [0.5, 0.6) is 0 Å². The number of nitrogens with zero attached hydrogens (tertiary/aromatic N) is 2. The zero-order valence-electron chi connectivity index (χ0n) is 22.3. The molecule has 210 valence electrons. The van der Waals surface area contributed by atoms with Gasteiger partial charge in [-0.1, -0.05) is 12.1 Å². The Morgan fingerprint density at radius 3 is 2.44 bits per heavy atom. The Kier molecular flexibility index (Phi) is 7.37. The van der Waals surface area contributed by atoms with E-state index in [0.717, 1.165) is 57.4 Å². The van der Waals surface area contributed by atoms with E-state index < -0.39 is 15.8 Å². The minimum absolute atomic E-state index is 0.0548. The lowest BCUT2D eigenvalue weighted by molar-refractivity contribution is 0.102. The zero-order chi connectivity index (χ0) is 28.7. The van der Waals surface area contributed by atoms with Gasteiger partial charge in [-0.2, -0.15) is 0 Å². The van der Waals surface area contributed by atoms with Crippen molar-refractivity contribution in [2.45, 2.75) is 37.8 Å². The second-order valence-corrected chi connectivity index (χ2v) is 13.9. The van der Waals surface area contributed by atoms with Crippen LogP contribution in [0, 0.1) is 5.82 Å². The van der Waals surface area contributed by atoms with Gasteiger partial charge >= 0.3 is 0 Å². The molecule has 0 spiro atoms. The topological polar surface area (TPSA) is 91.4 Å². The van der Waals surface area contributed by atoms with Gasteiger partial charge in [0.05, 0.1) is 15.1 Å². The Hall–Kier alpha value is -3.64. The molecule has 1 aliphatic rings. The van der Waals surface area contributed by atoms with E-state index in [-0.39, 0.29) is 10.8 Å². The number of sulfonamides is 1. The molecule has 41 heavy (non-hydrogen) atoms. The molecule has 1 amide bonds. The quantitative estimate of drug-likeness (QED) is 0.209. The van der Waals surface area contributed by atoms with E-state index in [1.54, 1.807) is 34.8 Å². The van der Waals surface area contributed by atoms with Gasteiger partial charge in [-0.25, -0.2) is 17.8 Å². The van der Waals surface area contributed by atoms with Crippen LogP contribution in [0.1, 0.15) is 34.6 Å². The summed E-state index contributed by atoms with van der Waals surface area (Å²) >= 11 is 3.22. The second kappa shape index (κ2) is 11.0. The first-order chi connectivity index (χ1) is 19.7. The molecule has 6 rings (SSSR count). The van der Waals surface area contributed by atoms with Gasteiger partial charge in [-0.15, -0.1) is 22.7 Å². The summed E-state index contributed by atoms with van der Waals surface area (Å²) in [4.78, 5) is 21.9. The highest BCUT2D eigenvalue weighted by Gasteiger charge is 2.28. The molecule has 1 aliphatic heterocycles. The van der Waals surface area contributed by atoms with Crippen LogP contribution in [0.15, 0.2) is 77.7 Å². The monoisotopic (exact) mass is 606 g/mol. The molecule has 0 fully saturated rings. The van der Waals surface area contributed by atoms with Crippen LogP contribution in [0.4, 0.5) is 15.1 Å². The molecule has 7 nitrogen and oxygen atoms in total. The number of hydrogen-bond acceptors (Lipinski definition) is 7. The van der Waals surface area contributed by atoms with E-state index in [9.17, 15) is 17.6 Å². The highest BCUT2D eigenvalue weighted by molar-refractivity contribution is 7.92. The highest BCUT2D eigenvalue weighted by Crippen LogP contribution is 2.46. The Balaban J connectivity index is 1.27. The maximum absolute atomic E-state index is 13.4. The third-order valence-corrected chi connectivity index (χ3v) is 10.7. The largest absolute Gasteiger partial charge is 0.313 e. The predicted octanol–water partition coefficient (Wildman–Crippen LogP) is 6.98. The number of anilines is 2. The molecule has 0 unspecified atom stereocenters. The van der Waals surface area contributed by atoms with Crippen LogP contribution < -0.4 is 10.0 Å². The van der Waals surface area contributed by atoms with Crippen LogP contribution in [0.25, 0.3) is 20.8 Å². The second-order valence-electron chi connectivity index (χ2n) is 10.1. The number of thiazole rings is 1. The van der Waals surface area contributed by atoms with E-state index in [4.69, 9.17) is 4.98 Å². The standard InChI is InChI=1S/C30H27FN4O3S3/c1-18(2)35-16-15-23-26(17-35)40-30(27(23)29-32-24-5-3-4-6-25(24)39-29)33-28(36)19-7-11-21(12-8-19)34-41(37,38)22-13-9-20(31)10-14-22/h3-14,18,34H,15-17H2,1-2H3,(H,33,36). The van der Waals surface area contributed by atoms with Crippen molar-refractivity contribution in [3.05, 3.63) is 94.6 Å². The van der Waals surface area contributed by atoms with Crippen LogP contribution in [-0.4, -0.2) is 36.8 Å². The van der Waals surface area contributed by atoms with Crippen molar-refractivity contribution >= 4 is 59.5 Å². The van der Waals surface area contributed by atoms with E-state index in [0.29, 0.717) is 17.3 Å². The van der Waals surface area contributed by atoms with Gasteiger partial charge in [0.2, 0.25) is 0 Å². The lowest BCUT2D eigenvalue weighted by Crippen LogP contribution is -2.35. The number of hydrogen-bond donors (Lipinski definition) is 2. The first-order valence-corrected chi connectivity index (χ1v) is 16.2. The van der Waals surface area contributed by atoms with Crippen molar-refractivity contribution in [3.63, 3.8) is 0 Å². The summed E-state index contributed by atoms with van der Waals surface area (Å²) in [5.74, 6) is -0.811. The van der Waals surface area contributed by atoms with Gasteiger partial charge in [0.1, 0.15) is 15.8 Å². The Bertz CT molecular complexity index is 1810. The number of nitrogens with one attached hydrogen (secondary N) is 2. The van der Waals surface area contributed by atoms with Crippen molar-refractivity contribution in [1.82, 2.24) is 9.88 Å². The fourth-order valence-corrected chi connectivity index (χ4v) is 8.29. The van der Waals surface area contributed by atoms with E-state index in [1.807, 2.05) is 18.2 Å². The predicted molar refractivity (Wildman–Crippen MR) is 164 cm³/mol. The number of halogens is 1. The average molecular weight is 607 g/mol. The number of amides is 1. The lowest BCUT2D eigenvalue weighted by Gasteiger charge is -2.30. The van der Waals surface area contributed by atoms with Crippen molar-refractivity contribution in [3.8, 4) is 10.6 Å². The van der Waals surface area contributed by atoms with Gasteiger partial charge in [0, 0.05) is 40.8 Å². The molecular formula is C30H27FN4O3S3. The smallest absolute Gasteiger partial charge is 0.261 e. The minimum atomic E-state index is -3.90. The number of carbonyl (C=O) groups excluding carboxylic acids is 1. The van der Waals surface area contributed by atoms with Crippen molar-refractivity contribution in [1.29, 1.82) is 0 Å². The van der Waals surface area contributed by atoms with Crippen LogP contribution in [0.3, 0.4) is 0 Å². The number of aromatic nitrogens is 1. The van der Waals surface area contributed by atoms with Crippen LogP contribution >= 0.6 is 22.7 Å². The van der Waals surface area contributed by atoms with Gasteiger partial charge in [-0.3, -0.25) is 14.4 Å². The fourth-order valence-electron chi connectivity index (χ4n) is 4.85. The molecule has 0 atom stereocenters. The summed E-state index contributed by atoms with van der Waals surface area (Å²) in [7, 11) is -3.90.